The molecule has 0 bridgehead atoms. The van der Waals surface area contributed by atoms with Crippen LogP contribution in [0.1, 0.15) is 41.5 Å². The summed E-state index contributed by atoms with van der Waals surface area (Å²) < 4.78 is 9.77. The van der Waals surface area contributed by atoms with Gasteiger partial charge in [-0.15, -0.1) is 0 Å². The van der Waals surface area contributed by atoms with Crippen LogP contribution < -0.4 is 0 Å². The molecular formula is C21H28N2O6. The van der Waals surface area contributed by atoms with Crippen molar-refractivity contribution in [1.29, 1.82) is 0 Å². The zero-order chi connectivity index (χ0) is 22.3. The lowest BCUT2D eigenvalue weighted by atomic mass is 9.77. The number of esters is 2. The van der Waals surface area contributed by atoms with Crippen molar-refractivity contribution in [3.63, 3.8) is 0 Å². The number of nitrogens with zero attached hydrogens (tertiary/aromatic N) is 2. The van der Waals surface area contributed by atoms with Gasteiger partial charge in [0.2, 0.25) is 0 Å². The monoisotopic (exact) mass is 404 g/mol. The van der Waals surface area contributed by atoms with Crippen molar-refractivity contribution in [1.82, 2.24) is 10.0 Å². The van der Waals surface area contributed by atoms with Crippen molar-refractivity contribution in [2.45, 2.75) is 59.2 Å². The summed E-state index contributed by atoms with van der Waals surface area (Å²) in [5.41, 5.74) is -1.21. The lowest BCUT2D eigenvalue weighted by molar-refractivity contribution is -0.161. The number of hydrogen-bond acceptors (Lipinski definition) is 7. The van der Waals surface area contributed by atoms with E-state index in [1.54, 1.807) is 24.9 Å². The topological polar surface area (TPSA) is 93.2 Å². The molecule has 0 saturated heterocycles. The molecule has 1 aliphatic carbocycles. The first-order valence-electron chi connectivity index (χ1n) is 9.42. The lowest BCUT2D eigenvalue weighted by Gasteiger charge is -2.49. The van der Waals surface area contributed by atoms with E-state index in [4.69, 9.17) is 9.47 Å². The van der Waals surface area contributed by atoms with E-state index in [-0.39, 0.29) is 23.4 Å². The maximum atomic E-state index is 13.6. The molecule has 0 N–H and O–H groups in total. The highest BCUT2D eigenvalue weighted by Gasteiger charge is 2.60. The number of hydrazine groups is 1. The van der Waals surface area contributed by atoms with E-state index in [1.807, 2.05) is 27.7 Å². The number of ether oxygens (including phenoxy) is 2. The summed E-state index contributed by atoms with van der Waals surface area (Å²) in [5, 5.41) is 3.18. The third-order valence-corrected chi connectivity index (χ3v) is 5.20. The Kier molecular flexibility index (Phi) is 6.18. The normalized spacial score (nSPS) is 22.1. The van der Waals surface area contributed by atoms with Gasteiger partial charge in [-0.3, -0.25) is 14.6 Å². The Balaban J connectivity index is 2.99. The summed E-state index contributed by atoms with van der Waals surface area (Å²) in [4.78, 5) is 51.3. The quantitative estimate of drug-likeness (QED) is 0.509. The molecule has 1 aliphatic heterocycles. The number of allylic oxidation sites excluding steroid dienone is 2. The molecule has 0 fully saturated rings. The van der Waals surface area contributed by atoms with Crippen LogP contribution in [0, 0.1) is 0 Å². The maximum Gasteiger partial charge on any atom is 0.344 e. The molecule has 0 radical (unpaired) electrons. The van der Waals surface area contributed by atoms with Crippen molar-refractivity contribution >= 4 is 23.6 Å². The minimum absolute atomic E-state index is 0.147. The van der Waals surface area contributed by atoms with E-state index in [2.05, 4.69) is 0 Å². The van der Waals surface area contributed by atoms with Crippen molar-refractivity contribution in [2.75, 3.05) is 14.2 Å². The van der Waals surface area contributed by atoms with Crippen molar-refractivity contribution in [2.24, 2.45) is 0 Å². The molecule has 1 atom stereocenters. The predicted octanol–water partition coefficient (Wildman–Crippen LogP) is 1.72. The second kappa shape index (κ2) is 7.94. The van der Waals surface area contributed by atoms with Gasteiger partial charge in [0.05, 0.1) is 19.8 Å². The minimum Gasteiger partial charge on any atom is -0.466 e. The molecule has 158 valence electrons. The minimum atomic E-state index is -1.46. The Labute approximate surface area is 170 Å². The number of methoxy groups -OCH3 is 2. The second-order valence-electron chi connectivity index (χ2n) is 7.70. The van der Waals surface area contributed by atoms with Gasteiger partial charge in [0, 0.05) is 12.1 Å². The highest BCUT2D eigenvalue weighted by molar-refractivity contribution is 6.25. The molecule has 0 aromatic carbocycles. The zero-order valence-electron chi connectivity index (χ0n) is 18.2. The van der Waals surface area contributed by atoms with Gasteiger partial charge in [-0.05, 0) is 64.8 Å². The van der Waals surface area contributed by atoms with E-state index < -0.39 is 29.0 Å². The Morgan fingerprint density at radius 1 is 1.00 bits per heavy atom. The standard InChI is InChI=1S/C21H28N2O6/c1-11(2)22(12(3)4)23-18(25)16(19(26)28-7)17(20(27)29-8)21(23)10-13(5)15(24)9-14(21)6/h9-12H,1-8H3. The fraction of sp³-hybridized carbons (Fsp3) is 0.524. The number of ketones is 1. The summed E-state index contributed by atoms with van der Waals surface area (Å²) in [7, 11) is 2.32. The molecule has 8 heteroatoms. The number of hydrogen-bond donors (Lipinski definition) is 0. The Morgan fingerprint density at radius 3 is 1.97 bits per heavy atom. The van der Waals surface area contributed by atoms with Crippen LogP contribution in [0.15, 0.2) is 34.4 Å². The zero-order valence-corrected chi connectivity index (χ0v) is 18.2. The predicted molar refractivity (Wildman–Crippen MR) is 105 cm³/mol. The van der Waals surface area contributed by atoms with Crippen LogP contribution in [0.4, 0.5) is 0 Å². The second-order valence-corrected chi connectivity index (χ2v) is 7.70. The van der Waals surface area contributed by atoms with Crippen molar-refractivity contribution in [3.05, 3.63) is 34.4 Å². The Bertz CT molecular complexity index is 856. The van der Waals surface area contributed by atoms with Crippen LogP contribution >= 0.6 is 0 Å². The van der Waals surface area contributed by atoms with Crippen molar-refractivity contribution in [3.8, 4) is 0 Å². The fourth-order valence-corrected chi connectivity index (χ4v) is 4.08. The molecule has 0 aromatic heterocycles. The van der Waals surface area contributed by atoms with Crippen LogP contribution in [0.25, 0.3) is 0 Å². The van der Waals surface area contributed by atoms with Gasteiger partial charge in [0.15, 0.2) is 5.78 Å². The third-order valence-electron chi connectivity index (χ3n) is 5.20. The molecule has 8 nitrogen and oxygen atoms in total. The largest absolute Gasteiger partial charge is 0.466 e. The first kappa shape index (κ1) is 22.5. The average molecular weight is 404 g/mol. The van der Waals surface area contributed by atoms with Gasteiger partial charge >= 0.3 is 11.9 Å². The van der Waals surface area contributed by atoms with Gasteiger partial charge in [0.1, 0.15) is 11.1 Å². The Hall–Kier alpha value is -2.74. The van der Waals surface area contributed by atoms with Crippen LogP contribution in [-0.2, 0) is 28.7 Å². The lowest BCUT2D eigenvalue weighted by Crippen LogP contribution is -2.62. The summed E-state index contributed by atoms with van der Waals surface area (Å²) >= 11 is 0. The summed E-state index contributed by atoms with van der Waals surface area (Å²) in [5.74, 6) is -2.66. The summed E-state index contributed by atoms with van der Waals surface area (Å²) in [6, 6.07) is -0.295. The fourth-order valence-electron chi connectivity index (χ4n) is 4.08. The molecule has 29 heavy (non-hydrogen) atoms. The number of carbonyl (C=O) groups excluding carboxylic acids is 4. The molecule has 1 heterocycles. The number of amides is 1. The molecule has 1 spiro atoms. The molecule has 2 rings (SSSR count). The van der Waals surface area contributed by atoms with Crippen LogP contribution in [-0.4, -0.2) is 65.5 Å². The van der Waals surface area contributed by atoms with Gasteiger partial charge in [-0.25, -0.2) is 14.6 Å². The van der Waals surface area contributed by atoms with Gasteiger partial charge in [-0.2, -0.15) is 0 Å². The molecule has 2 aliphatic rings. The van der Waals surface area contributed by atoms with E-state index >= 15 is 0 Å². The SMILES string of the molecule is COC(=O)C1=C(C(=O)OC)C2(C=C(C)C(=O)C=C2C)N(N(C(C)C)C(C)C)C1=O. The van der Waals surface area contributed by atoms with E-state index in [9.17, 15) is 19.2 Å². The summed E-state index contributed by atoms with van der Waals surface area (Å²) in [6.07, 6.45) is 2.94. The Morgan fingerprint density at radius 2 is 1.52 bits per heavy atom. The van der Waals surface area contributed by atoms with E-state index in [1.165, 1.54) is 18.2 Å². The smallest absolute Gasteiger partial charge is 0.344 e. The van der Waals surface area contributed by atoms with E-state index in [0.29, 0.717) is 11.1 Å². The average Bonchev–Trinajstić information content (AvgIpc) is 2.88. The first-order valence-corrected chi connectivity index (χ1v) is 9.42. The highest BCUT2D eigenvalue weighted by atomic mass is 16.5. The van der Waals surface area contributed by atoms with Crippen LogP contribution in [0.2, 0.25) is 0 Å². The number of rotatable bonds is 5. The molecule has 1 amide bonds. The number of carbonyl (C=O) groups is 4. The van der Waals surface area contributed by atoms with Gasteiger partial charge in [-0.1, -0.05) is 0 Å². The molecular weight excluding hydrogens is 376 g/mol. The highest BCUT2D eigenvalue weighted by Crippen LogP contribution is 2.47. The van der Waals surface area contributed by atoms with Crippen LogP contribution in [0.3, 0.4) is 0 Å². The maximum absolute atomic E-state index is 13.6. The summed E-state index contributed by atoms with van der Waals surface area (Å²) in [6.45, 7) is 10.9. The van der Waals surface area contributed by atoms with Crippen molar-refractivity contribution < 1.29 is 28.7 Å². The van der Waals surface area contributed by atoms with E-state index in [0.717, 1.165) is 7.11 Å². The third kappa shape index (κ3) is 3.31. The first-order chi connectivity index (χ1) is 13.4. The van der Waals surface area contributed by atoms with Crippen LogP contribution in [0.5, 0.6) is 0 Å². The molecule has 1 unspecified atom stereocenters. The van der Waals surface area contributed by atoms with Gasteiger partial charge in [0.25, 0.3) is 5.91 Å². The molecule has 0 saturated carbocycles. The molecule has 0 aromatic rings. The van der Waals surface area contributed by atoms with Gasteiger partial charge < -0.3 is 9.47 Å².